The van der Waals surface area contributed by atoms with Crippen LogP contribution in [0.25, 0.3) is 0 Å². The molecule has 2 rings (SSSR count). The van der Waals surface area contributed by atoms with Crippen LogP contribution in [0.15, 0.2) is 0 Å². The Morgan fingerprint density at radius 1 is 0.870 bits per heavy atom. The second-order valence-corrected chi connectivity index (χ2v) is 9.03. The second kappa shape index (κ2) is 8.85. The number of rotatable bonds is 7. The van der Waals surface area contributed by atoms with Crippen LogP contribution in [0.4, 0.5) is 0 Å². The monoisotopic (exact) mass is 322 g/mol. The summed E-state index contributed by atoms with van der Waals surface area (Å²) in [6, 6.07) is 3.12. The molecule has 136 valence electrons. The first-order chi connectivity index (χ1) is 10.9. The normalized spacial score (nSPS) is 32.1. The fourth-order valence-electron chi connectivity index (χ4n) is 5.20. The summed E-state index contributed by atoms with van der Waals surface area (Å²) >= 11 is 0. The third-order valence-corrected chi connectivity index (χ3v) is 6.46. The molecule has 0 aromatic carbocycles. The maximum atomic E-state index is 2.86. The van der Waals surface area contributed by atoms with Gasteiger partial charge in [0.15, 0.2) is 0 Å². The lowest BCUT2D eigenvalue weighted by Crippen LogP contribution is -2.50. The number of hydrogen-bond donors (Lipinski definition) is 0. The number of nitrogens with zero attached hydrogens (tertiary/aromatic N) is 2. The Morgan fingerprint density at radius 2 is 1.61 bits per heavy atom. The van der Waals surface area contributed by atoms with Gasteiger partial charge in [-0.2, -0.15) is 0 Å². The SMILES string of the molecule is CCC1CCN(C(C)C)C(CC(C)N2CCCC2CC(C)C)C1. The summed E-state index contributed by atoms with van der Waals surface area (Å²) in [6.07, 6.45) is 9.83. The van der Waals surface area contributed by atoms with Gasteiger partial charge in [0.25, 0.3) is 0 Å². The molecule has 0 amide bonds. The van der Waals surface area contributed by atoms with E-state index >= 15 is 0 Å². The molecule has 0 spiro atoms. The summed E-state index contributed by atoms with van der Waals surface area (Å²) in [5, 5.41) is 0. The molecule has 0 aromatic rings. The summed E-state index contributed by atoms with van der Waals surface area (Å²) < 4.78 is 0. The summed E-state index contributed by atoms with van der Waals surface area (Å²) in [7, 11) is 0. The molecule has 0 bridgehead atoms. The van der Waals surface area contributed by atoms with Gasteiger partial charge in [0, 0.05) is 24.2 Å². The lowest BCUT2D eigenvalue weighted by molar-refractivity contribution is 0.0494. The van der Waals surface area contributed by atoms with Crippen LogP contribution in [-0.4, -0.2) is 47.1 Å². The highest BCUT2D eigenvalue weighted by molar-refractivity contribution is 4.90. The van der Waals surface area contributed by atoms with E-state index < -0.39 is 0 Å². The van der Waals surface area contributed by atoms with Crippen molar-refractivity contribution in [2.24, 2.45) is 11.8 Å². The number of hydrogen-bond acceptors (Lipinski definition) is 2. The Hall–Kier alpha value is -0.0800. The molecule has 4 atom stereocenters. The van der Waals surface area contributed by atoms with Gasteiger partial charge in [-0.15, -0.1) is 0 Å². The van der Waals surface area contributed by atoms with Gasteiger partial charge >= 0.3 is 0 Å². The van der Waals surface area contributed by atoms with Crippen molar-refractivity contribution in [3.05, 3.63) is 0 Å². The molecule has 0 radical (unpaired) electrons. The maximum Gasteiger partial charge on any atom is 0.0115 e. The quantitative estimate of drug-likeness (QED) is 0.637. The van der Waals surface area contributed by atoms with E-state index in [0.717, 1.165) is 30.0 Å². The minimum atomic E-state index is 0.704. The fourth-order valence-corrected chi connectivity index (χ4v) is 5.20. The molecular formula is C21H42N2. The lowest BCUT2D eigenvalue weighted by Gasteiger charge is -2.44. The zero-order chi connectivity index (χ0) is 17.0. The van der Waals surface area contributed by atoms with Crippen molar-refractivity contribution in [2.75, 3.05) is 13.1 Å². The van der Waals surface area contributed by atoms with E-state index in [-0.39, 0.29) is 0 Å². The van der Waals surface area contributed by atoms with E-state index in [2.05, 4.69) is 51.3 Å². The summed E-state index contributed by atoms with van der Waals surface area (Å²) in [4.78, 5) is 5.66. The Morgan fingerprint density at radius 3 is 2.22 bits per heavy atom. The van der Waals surface area contributed by atoms with E-state index in [1.54, 1.807) is 0 Å². The predicted molar refractivity (Wildman–Crippen MR) is 102 cm³/mol. The van der Waals surface area contributed by atoms with Gasteiger partial charge in [0.05, 0.1) is 0 Å². The Bertz CT molecular complexity index is 339. The standard InChI is InChI=1S/C21H42N2/c1-7-19-10-12-22(17(4)5)21(15-19)14-18(6)23-11-8-9-20(23)13-16(2)3/h16-21H,7-15H2,1-6H3. The number of piperidine rings is 1. The van der Waals surface area contributed by atoms with Crippen LogP contribution in [0.3, 0.4) is 0 Å². The first kappa shape index (κ1) is 19.2. The smallest absolute Gasteiger partial charge is 0.0115 e. The first-order valence-corrected chi connectivity index (χ1v) is 10.4. The summed E-state index contributed by atoms with van der Waals surface area (Å²) in [5.41, 5.74) is 0. The minimum absolute atomic E-state index is 0.704. The molecule has 0 aliphatic carbocycles. The van der Waals surface area contributed by atoms with Gasteiger partial charge in [-0.05, 0) is 84.2 Å². The predicted octanol–water partition coefficient (Wildman–Crippen LogP) is 5.17. The molecule has 0 saturated carbocycles. The van der Waals surface area contributed by atoms with E-state index in [0.29, 0.717) is 6.04 Å². The Labute approximate surface area is 146 Å². The van der Waals surface area contributed by atoms with E-state index in [9.17, 15) is 0 Å². The van der Waals surface area contributed by atoms with Gasteiger partial charge in [-0.25, -0.2) is 0 Å². The molecule has 2 aliphatic rings. The van der Waals surface area contributed by atoms with Crippen molar-refractivity contribution >= 4 is 0 Å². The van der Waals surface area contributed by atoms with Gasteiger partial charge in [0.2, 0.25) is 0 Å². The van der Waals surface area contributed by atoms with Crippen molar-refractivity contribution in [1.29, 1.82) is 0 Å². The molecule has 2 nitrogen and oxygen atoms in total. The molecule has 2 saturated heterocycles. The largest absolute Gasteiger partial charge is 0.298 e. The van der Waals surface area contributed by atoms with Crippen LogP contribution >= 0.6 is 0 Å². The van der Waals surface area contributed by atoms with Crippen LogP contribution in [0.2, 0.25) is 0 Å². The minimum Gasteiger partial charge on any atom is -0.298 e. The lowest BCUT2D eigenvalue weighted by atomic mass is 9.85. The van der Waals surface area contributed by atoms with Gasteiger partial charge < -0.3 is 0 Å². The van der Waals surface area contributed by atoms with E-state index in [1.165, 1.54) is 58.0 Å². The molecule has 2 heteroatoms. The summed E-state index contributed by atoms with van der Waals surface area (Å²) in [5.74, 6) is 1.80. The van der Waals surface area contributed by atoms with Crippen LogP contribution in [0.5, 0.6) is 0 Å². The molecule has 2 fully saturated rings. The van der Waals surface area contributed by atoms with Crippen molar-refractivity contribution in [2.45, 2.75) is 111 Å². The topological polar surface area (TPSA) is 6.48 Å². The molecule has 4 unspecified atom stereocenters. The summed E-state index contributed by atoms with van der Waals surface area (Å²) in [6.45, 7) is 17.1. The highest BCUT2D eigenvalue weighted by Gasteiger charge is 2.34. The second-order valence-electron chi connectivity index (χ2n) is 9.03. The van der Waals surface area contributed by atoms with Crippen molar-refractivity contribution < 1.29 is 0 Å². The van der Waals surface area contributed by atoms with E-state index in [4.69, 9.17) is 0 Å². The zero-order valence-electron chi connectivity index (χ0n) is 16.7. The van der Waals surface area contributed by atoms with Gasteiger partial charge in [-0.1, -0.05) is 27.2 Å². The third-order valence-electron chi connectivity index (χ3n) is 6.46. The first-order valence-electron chi connectivity index (χ1n) is 10.4. The molecule has 23 heavy (non-hydrogen) atoms. The fraction of sp³-hybridized carbons (Fsp3) is 1.00. The van der Waals surface area contributed by atoms with Crippen molar-refractivity contribution in [3.63, 3.8) is 0 Å². The Kier molecular flexibility index (Phi) is 7.41. The third kappa shape index (κ3) is 5.19. The highest BCUT2D eigenvalue weighted by Crippen LogP contribution is 2.32. The molecule has 2 heterocycles. The average molecular weight is 323 g/mol. The van der Waals surface area contributed by atoms with Gasteiger partial charge in [0.1, 0.15) is 0 Å². The molecule has 0 aromatic heterocycles. The molecule has 0 N–H and O–H groups in total. The molecular weight excluding hydrogens is 280 g/mol. The van der Waals surface area contributed by atoms with Crippen LogP contribution in [0.1, 0.15) is 86.5 Å². The van der Waals surface area contributed by atoms with Crippen molar-refractivity contribution in [1.82, 2.24) is 9.80 Å². The van der Waals surface area contributed by atoms with Crippen LogP contribution < -0.4 is 0 Å². The van der Waals surface area contributed by atoms with E-state index in [1.807, 2.05) is 0 Å². The van der Waals surface area contributed by atoms with Crippen LogP contribution in [-0.2, 0) is 0 Å². The average Bonchev–Trinajstić information content (AvgIpc) is 2.94. The van der Waals surface area contributed by atoms with Gasteiger partial charge in [-0.3, -0.25) is 9.80 Å². The van der Waals surface area contributed by atoms with Crippen molar-refractivity contribution in [3.8, 4) is 0 Å². The zero-order valence-corrected chi connectivity index (χ0v) is 16.7. The maximum absolute atomic E-state index is 2.86. The highest BCUT2D eigenvalue weighted by atomic mass is 15.2. The number of likely N-dealkylation sites (tertiary alicyclic amines) is 2. The Balaban J connectivity index is 1.96. The van der Waals surface area contributed by atoms with Crippen LogP contribution in [0, 0.1) is 11.8 Å². The molecule has 2 aliphatic heterocycles.